The van der Waals surface area contributed by atoms with Gasteiger partial charge >= 0.3 is 12.1 Å². The molecule has 0 atom stereocenters. The minimum atomic E-state index is -4.57. The maximum absolute atomic E-state index is 13.6. The quantitative estimate of drug-likeness (QED) is 0.178. The van der Waals surface area contributed by atoms with Crippen molar-refractivity contribution >= 4 is 23.2 Å². The largest absolute Gasteiger partial charge is 0.481 e. The van der Waals surface area contributed by atoms with Crippen molar-refractivity contribution in [1.82, 2.24) is 5.16 Å². The van der Waals surface area contributed by atoms with E-state index in [-0.39, 0.29) is 18.7 Å². The van der Waals surface area contributed by atoms with Crippen molar-refractivity contribution in [2.75, 3.05) is 22.9 Å². The van der Waals surface area contributed by atoms with Gasteiger partial charge in [0, 0.05) is 49.9 Å². The van der Waals surface area contributed by atoms with E-state index in [0.717, 1.165) is 62.0 Å². The van der Waals surface area contributed by atoms with Crippen molar-refractivity contribution in [3.63, 3.8) is 0 Å². The summed E-state index contributed by atoms with van der Waals surface area (Å²) in [5.74, 6) is -0.381. The fourth-order valence-corrected chi connectivity index (χ4v) is 5.40. The molecule has 41 heavy (non-hydrogen) atoms. The zero-order chi connectivity index (χ0) is 29.6. The number of nitrogens with zero attached hydrogens (tertiary/aromatic N) is 4. The molecule has 218 valence electrons. The Labute approximate surface area is 238 Å². The van der Waals surface area contributed by atoms with Crippen LogP contribution in [-0.4, -0.2) is 29.3 Å². The second-order valence-electron chi connectivity index (χ2n) is 10.5. The van der Waals surface area contributed by atoms with Gasteiger partial charge in [0.25, 0.3) is 0 Å². The second kappa shape index (κ2) is 13.1. The number of aromatic nitrogens is 1. The molecule has 1 N–H and O–H groups in total. The Morgan fingerprint density at radius 3 is 2.39 bits per heavy atom. The molecule has 1 aromatic heterocycles. The van der Waals surface area contributed by atoms with Crippen LogP contribution < -0.4 is 9.80 Å². The zero-order valence-electron chi connectivity index (χ0n) is 23.4. The lowest BCUT2D eigenvalue weighted by Gasteiger charge is -2.31. The van der Waals surface area contributed by atoms with Gasteiger partial charge in [-0.25, -0.2) is 4.85 Å². The number of alkyl halides is 3. The molecule has 0 saturated heterocycles. The molecule has 1 aliphatic rings. The molecule has 3 aromatic rings. The Hall–Kier alpha value is -4.00. The molecule has 7 nitrogen and oxygen atoms in total. The molecule has 0 spiro atoms. The topological polar surface area (TPSA) is 74.2 Å². The summed E-state index contributed by atoms with van der Waals surface area (Å²) in [4.78, 5) is 18.4. The van der Waals surface area contributed by atoms with E-state index < -0.39 is 17.7 Å². The van der Waals surface area contributed by atoms with E-state index in [1.165, 1.54) is 17.2 Å². The number of unbranched alkanes of at least 4 members (excludes halogenated alkanes) is 1. The van der Waals surface area contributed by atoms with E-state index in [9.17, 15) is 18.0 Å². The summed E-state index contributed by atoms with van der Waals surface area (Å²) in [5.41, 5.74) is 4.70. The van der Waals surface area contributed by atoms with Crippen molar-refractivity contribution in [3.8, 4) is 0 Å². The summed E-state index contributed by atoms with van der Waals surface area (Å²) in [7, 11) is 0. The summed E-state index contributed by atoms with van der Waals surface area (Å²) >= 11 is 0. The number of rotatable bonds is 12. The van der Waals surface area contributed by atoms with Crippen molar-refractivity contribution in [2.45, 2.75) is 78.1 Å². The van der Waals surface area contributed by atoms with Gasteiger partial charge in [0.15, 0.2) is 5.69 Å². The highest BCUT2D eigenvalue weighted by Gasteiger charge is 2.31. The van der Waals surface area contributed by atoms with E-state index in [1.54, 1.807) is 13.0 Å². The first-order chi connectivity index (χ1) is 19.6. The van der Waals surface area contributed by atoms with Gasteiger partial charge in [-0.2, -0.15) is 13.2 Å². The van der Waals surface area contributed by atoms with Crippen LogP contribution in [0.15, 0.2) is 40.9 Å². The molecule has 1 heterocycles. The maximum atomic E-state index is 13.6. The fourth-order valence-electron chi connectivity index (χ4n) is 5.40. The highest BCUT2D eigenvalue weighted by Crippen LogP contribution is 2.35. The number of benzene rings is 2. The molecule has 0 unspecified atom stereocenters. The van der Waals surface area contributed by atoms with Crippen molar-refractivity contribution < 1.29 is 27.6 Å². The summed E-state index contributed by atoms with van der Waals surface area (Å²) in [6.07, 6.45) is 1.05. The van der Waals surface area contributed by atoms with Crippen LogP contribution in [-0.2, 0) is 36.9 Å². The Bertz CT molecular complexity index is 1410. The number of carboxylic acid groups (broad SMARTS) is 1. The van der Waals surface area contributed by atoms with Gasteiger partial charge in [-0.05, 0) is 92.8 Å². The number of fused-ring (bicyclic) bond motifs is 1. The standard InChI is InChI=1S/C31H35F3N4O3/c1-4-37(12-8-7-11-30(39)40)28-17-24-10-6-5-9-23(24)16-25(28)20-38(29-13-21(2)36-41-29)19-22-14-26(31(32,33)34)18-27(15-22)35-3/h13-18H,4-12,19-20H2,1-2H3,(H,39,40). The van der Waals surface area contributed by atoms with Crippen LogP contribution in [0, 0.1) is 13.5 Å². The smallest absolute Gasteiger partial charge is 0.415 e. The van der Waals surface area contributed by atoms with Gasteiger partial charge in [0.2, 0.25) is 5.88 Å². The van der Waals surface area contributed by atoms with Gasteiger partial charge in [-0.3, -0.25) is 4.79 Å². The van der Waals surface area contributed by atoms with Crippen LogP contribution in [0.5, 0.6) is 0 Å². The molecule has 0 saturated carbocycles. The SMILES string of the molecule is [C-]#[N+]c1cc(CN(Cc2cc3c(cc2N(CC)CCCCC(=O)O)CCCC3)c2cc(C)no2)cc(C(F)(F)F)c1. The summed E-state index contributed by atoms with van der Waals surface area (Å²) in [5, 5.41) is 13.1. The number of carbonyl (C=O) groups is 1. The molecule has 2 aromatic carbocycles. The molecule has 0 fully saturated rings. The first-order valence-corrected chi connectivity index (χ1v) is 14.0. The first-order valence-electron chi connectivity index (χ1n) is 14.0. The maximum Gasteiger partial charge on any atom is 0.415 e. The molecule has 10 heteroatoms. The average molecular weight is 569 g/mol. The third-order valence-corrected chi connectivity index (χ3v) is 7.43. The highest BCUT2D eigenvalue weighted by atomic mass is 19.4. The minimum Gasteiger partial charge on any atom is -0.481 e. The van der Waals surface area contributed by atoms with Crippen molar-refractivity contribution in [3.05, 3.63) is 81.3 Å². The van der Waals surface area contributed by atoms with Crippen LogP contribution in [0.3, 0.4) is 0 Å². The van der Waals surface area contributed by atoms with Gasteiger partial charge in [0.1, 0.15) is 0 Å². The Morgan fingerprint density at radius 1 is 1.05 bits per heavy atom. The van der Waals surface area contributed by atoms with E-state index in [0.29, 0.717) is 36.7 Å². The predicted molar refractivity (Wildman–Crippen MR) is 151 cm³/mol. The molecule has 0 aliphatic heterocycles. The van der Waals surface area contributed by atoms with Crippen molar-refractivity contribution in [2.24, 2.45) is 0 Å². The molecule has 4 rings (SSSR count). The Morgan fingerprint density at radius 2 is 1.78 bits per heavy atom. The van der Waals surface area contributed by atoms with E-state index in [1.807, 2.05) is 4.90 Å². The summed E-state index contributed by atoms with van der Waals surface area (Å²) in [6, 6.07) is 9.62. The first kappa shape index (κ1) is 30.0. The number of hydrogen-bond acceptors (Lipinski definition) is 5. The lowest BCUT2D eigenvalue weighted by molar-refractivity contribution is -0.138. The highest BCUT2D eigenvalue weighted by molar-refractivity contribution is 5.66. The number of carboxylic acids is 1. The Balaban J connectivity index is 1.72. The van der Waals surface area contributed by atoms with Gasteiger partial charge < -0.3 is 19.4 Å². The average Bonchev–Trinajstić information content (AvgIpc) is 3.38. The third-order valence-electron chi connectivity index (χ3n) is 7.43. The second-order valence-corrected chi connectivity index (χ2v) is 10.5. The predicted octanol–water partition coefficient (Wildman–Crippen LogP) is 7.72. The molecule has 0 radical (unpaired) electrons. The lowest BCUT2D eigenvalue weighted by atomic mass is 9.89. The summed E-state index contributed by atoms with van der Waals surface area (Å²) in [6.45, 7) is 13.0. The van der Waals surface area contributed by atoms with Gasteiger partial charge in [0.05, 0.1) is 12.3 Å². The number of aryl methyl sites for hydroxylation is 3. The summed E-state index contributed by atoms with van der Waals surface area (Å²) < 4.78 is 46.5. The molecule has 0 amide bonds. The zero-order valence-corrected chi connectivity index (χ0v) is 23.4. The van der Waals surface area contributed by atoms with Crippen LogP contribution in [0.4, 0.5) is 30.4 Å². The minimum absolute atomic E-state index is 0.0727. The molecular formula is C31H35F3N4O3. The fraction of sp³-hybridized carbons (Fsp3) is 0.452. The molecule has 1 aliphatic carbocycles. The lowest BCUT2D eigenvalue weighted by Crippen LogP contribution is -2.28. The normalized spacial score (nSPS) is 13.0. The number of halogens is 3. The van der Waals surface area contributed by atoms with Crippen LogP contribution >= 0.6 is 0 Å². The van der Waals surface area contributed by atoms with Gasteiger partial charge in [-0.15, -0.1) is 0 Å². The number of aliphatic carboxylic acids is 1. The van der Waals surface area contributed by atoms with Crippen LogP contribution in [0.2, 0.25) is 0 Å². The third kappa shape index (κ3) is 7.81. The van der Waals surface area contributed by atoms with E-state index >= 15 is 0 Å². The molecule has 0 bridgehead atoms. The number of anilines is 2. The Kier molecular flexibility index (Phi) is 9.58. The van der Waals surface area contributed by atoms with Gasteiger partial charge in [-0.1, -0.05) is 17.3 Å². The van der Waals surface area contributed by atoms with E-state index in [2.05, 4.69) is 34.0 Å². The number of hydrogen-bond donors (Lipinski definition) is 1. The molecular weight excluding hydrogens is 533 g/mol. The van der Waals surface area contributed by atoms with E-state index in [4.69, 9.17) is 16.2 Å². The van der Waals surface area contributed by atoms with Crippen LogP contribution in [0.25, 0.3) is 4.85 Å². The monoisotopic (exact) mass is 568 g/mol. The van der Waals surface area contributed by atoms with Crippen molar-refractivity contribution in [1.29, 1.82) is 0 Å². The van der Waals surface area contributed by atoms with Crippen LogP contribution in [0.1, 0.15) is 72.5 Å².